The molecule has 0 saturated heterocycles. The summed E-state index contributed by atoms with van der Waals surface area (Å²) in [4.78, 5) is 13.2. The number of likely N-dealkylation sites (N-methyl/N-ethyl adjacent to an activating group) is 1. The van der Waals surface area contributed by atoms with E-state index in [4.69, 9.17) is 5.73 Å². The number of hydrogen-bond donors (Lipinski definition) is 2. The highest BCUT2D eigenvalue weighted by Crippen LogP contribution is 2.46. The summed E-state index contributed by atoms with van der Waals surface area (Å²) in [5.74, 6) is -0.227. The lowest BCUT2D eigenvalue weighted by atomic mass is 9.80. The second-order valence-corrected chi connectivity index (χ2v) is 10.2. The Morgan fingerprint density at radius 2 is 1.79 bits per heavy atom. The Morgan fingerprint density at radius 3 is 2.52 bits per heavy atom. The summed E-state index contributed by atoms with van der Waals surface area (Å²) >= 11 is 0. The first-order valence-electron chi connectivity index (χ1n) is 12.0. The minimum atomic E-state index is -0.227. The van der Waals surface area contributed by atoms with Crippen molar-refractivity contribution in [3.63, 3.8) is 0 Å². The highest BCUT2D eigenvalue weighted by Gasteiger charge is 2.37. The molecule has 2 aromatic carbocycles. The number of carbonyl (C=O) groups excluding carboxylic acids is 1. The van der Waals surface area contributed by atoms with Crippen molar-refractivity contribution in [1.82, 2.24) is 0 Å². The Bertz CT molecular complexity index is 1030. The molecule has 4 nitrogen and oxygen atoms in total. The number of nitrogens with two attached hydrogens (primary N) is 1. The number of nitrogens with zero attached hydrogens (tertiary/aromatic N) is 1. The van der Waals surface area contributed by atoms with Crippen molar-refractivity contribution in [2.75, 3.05) is 23.8 Å². The molecule has 0 fully saturated rings. The average Bonchev–Trinajstić information content (AvgIpc) is 2.97. The minimum absolute atomic E-state index is 0.00374. The van der Waals surface area contributed by atoms with Crippen LogP contribution in [0.3, 0.4) is 0 Å². The Labute approximate surface area is 199 Å². The zero-order chi connectivity index (χ0) is 24.1. The van der Waals surface area contributed by atoms with E-state index >= 15 is 0 Å². The standard InChI is InChI=1S/C29H39N3O/c1-28(2,22-14-6-8-16-24(22)31-21-13-11-19-27(30)33)20-12-10-18-26-29(3,4)23-15-7-9-17-25(23)32(26)5/h6-10,12,14-18,31H,11,13,19-21H2,1-5H3,(H2,30,33)/b12-10+,26-18+. The van der Waals surface area contributed by atoms with Gasteiger partial charge in [0.15, 0.2) is 0 Å². The van der Waals surface area contributed by atoms with Crippen LogP contribution in [0.25, 0.3) is 0 Å². The number of allylic oxidation sites excluding steroid dienone is 4. The summed E-state index contributed by atoms with van der Waals surface area (Å²) in [6.07, 6.45) is 9.89. The van der Waals surface area contributed by atoms with Gasteiger partial charge in [-0.1, -0.05) is 76.2 Å². The van der Waals surface area contributed by atoms with Crippen LogP contribution < -0.4 is 16.0 Å². The highest BCUT2D eigenvalue weighted by molar-refractivity contribution is 5.73. The number of carbonyl (C=O) groups is 1. The van der Waals surface area contributed by atoms with E-state index in [0.29, 0.717) is 6.42 Å². The molecule has 0 aliphatic carbocycles. The maximum atomic E-state index is 10.9. The van der Waals surface area contributed by atoms with Crippen LogP contribution in [-0.4, -0.2) is 19.5 Å². The van der Waals surface area contributed by atoms with Gasteiger partial charge >= 0.3 is 0 Å². The molecule has 0 saturated carbocycles. The van der Waals surface area contributed by atoms with Gasteiger partial charge < -0.3 is 16.0 Å². The van der Waals surface area contributed by atoms with Gasteiger partial charge in [0, 0.05) is 42.5 Å². The largest absolute Gasteiger partial charge is 0.385 e. The average molecular weight is 446 g/mol. The summed E-state index contributed by atoms with van der Waals surface area (Å²) in [6, 6.07) is 17.2. The normalized spacial score (nSPS) is 16.4. The lowest BCUT2D eigenvalue weighted by molar-refractivity contribution is -0.118. The summed E-state index contributed by atoms with van der Waals surface area (Å²) < 4.78 is 0. The van der Waals surface area contributed by atoms with Gasteiger partial charge in [-0.05, 0) is 54.0 Å². The molecule has 1 amide bonds. The van der Waals surface area contributed by atoms with Crippen molar-refractivity contribution in [1.29, 1.82) is 0 Å². The molecule has 3 rings (SSSR count). The number of unbranched alkanes of at least 4 members (excludes halogenated alkanes) is 1. The van der Waals surface area contributed by atoms with E-state index in [-0.39, 0.29) is 16.7 Å². The monoisotopic (exact) mass is 445 g/mol. The second kappa shape index (κ2) is 10.3. The van der Waals surface area contributed by atoms with Gasteiger partial charge in [0.1, 0.15) is 0 Å². The number of nitrogens with one attached hydrogen (secondary N) is 1. The van der Waals surface area contributed by atoms with Crippen LogP contribution in [0.1, 0.15) is 64.5 Å². The third-order valence-electron chi connectivity index (χ3n) is 6.78. The number of hydrogen-bond acceptors (Lipinski definition) is 3. The maximum absolute atomic E-state index is 10.9. The first-order valence-corrected chi connectivity index (χ1v) is 12.0. The topological polar surface area (TPSA) is 58.4 Å². The Kier molecular flexibility index (Phi) is 7.68. The van der Waals surface area contributed by atoms with E-state index in [9.17, 15) is 4.79 Å². The lowest BCUT2D eigenvalue weighted by Gasteiger charge is -2.27. The summed E-state index contributed by atoms with van der Waals surface area (Å²) in [5, 5.41) is 3.56. The number of para-hydroxylation sites is 2. The van der Waals surface area contributed by atoms with Crippen LogP contribution in [0, 0.1) is 0 Å². The Balaban J connectivity index is 1.66. The zero-order valence-electron chi connectivity index (χ0n) is 20.8. The van der Waals surface area contributed by atoms with Crippen molar-refractivity contribution in [3.8, 4) is 0 Å². The fourth-order valence-corrected chi connectivity index (χ4v) is 4.81. The Morgan fingerprint density at radius 1 is 1.09 bits per heavy atom. The molecule has 0 aromatic heterocycles. The van der Waals surface area contributed by atoms with E-state index < -0.39 is 0 Å². The van der Waals surface area contributed by atoms with Gasteiger partial charge in [0.05, 0.1) is 0 Å². The fraction of sp³-hybridized carbons (Fsp3) is 0.414. The van der Waals surface area contributed by atoms with Crippen LogP contribution in [0.5, 0.6) is 0 Å². The van der Waals surface area contributed by atoms with Crippen LogP contribution in [-0.2, 0) is 15.6 Å². The van der Waals surface area contributed by atoms with E-state index in [1.54, 1.807) is 0 Å². The molecule has 0 spiro atoms. The molecule has 33 heavy (non-hydrogen) atoms. The van der Waals surface area contributed by atoms with Crippen LogP contribution in [0.2, 0.25) is 0 Å². The van der Waals surface area contributed by atoms with Gasteiger partial charge in [-0.2, -0.15) is 0 Å². The lowest BCUT2D eigenvalue weighted by Crippen LogP contribution is -2.22. The number of primary amides is 1. The molecule has 1 aliphatic rings. The molecule has 0 atom stereocenters. The highest BCUT2D eigenvalue weighted by atomic mass is 16.1. The number of amides is 1. The summed E-state index contributed by atoms with van der Waals surface area (Å²) in [7, 11) is 2.16. The third-order valence-corrected chi connectivity index (χ3v) is 6.78. The van der Waals surface area contributed by atoms with Gasteiger partial charge in [0.2, 0.25) is 5.91 Å². The van der Waals surface area contributed by atoms with Crippen LogP contribution >= 0.6 is 0 Å². The maximum Gasteiger partial charge on any atom is 0.217 e. The zero-order valence-corrected chi connectivity index (χ0v) is 20.8. The molecule has 1 heterocycles. The van der Waals surface area contributed by atoms with Gasteiger partial charge in [-0.15, -0.1) is 0 Å². The molecule has 0 unspecified atom stereocenters. The number of benzene rings is 2. The summed E-state index contributed by atoms with van der Waals surface area (Å²) in [6.45, 7) is 10.0. The second-order valence-electron chi connectivity index (χ2n) is 10.2. The molecule has 176 valence electrons. The molecular formula is C29H39N3O. The number of rotatable bonds is 10. The predicted molar refractivity (Wildman–Crippen MR) is 141 cm³/mol. The van der Waals surface area contributed by atoms with E-state index in [1.165, 1.54) is 28.2 Å². The first-order chi connectivity index (χ1) is 15.6. The quantitative estimate of drug-likeness (QED) is 0.423. The van der Waals surface area contributed by atoms with Crippen molar-refractivity contribution >= 4 is 17.3 Å². The number of anilines is 2. The number of fused-ring (bicyclic) bond motifs is 1. The molecule has 2 aromatic rings. The fourth-order valence-electron chi connectivity index (χ4n) is 4.81. The van der Waals surface area contributed by atoms with Gasteiger partial charge in [-0.3, -0.25) is 4.79 Å². The van der Waals surface area contributed by atoms with Crippen molar-refractivity contribution in [3.05, 3.63) is 83.6 Å². The van der Waals surface area contributed by atoms with Gasteiger partial charge in [-0.25, -0.2) is 0 Å². The van der Waals surface area contributed by atoms with Crippen LogP contribution in [0.4, 0.5) is 11.4 Å². The molecule has 3 N–H and O–H groups in total. The molecule has 0 radical (unpaired) electrons. The van der Waals surface area contributed by atoms with E-state index in [1.807, 2.05) is 0 Å². The Hall–Kier alpha value is -3.01. The van der Waals surface area contributed by atoms with Crippen molar-refractivity contribution in [2.45, 2.75) is 64.2 Å². The minimum Gasteiger partial charge on any atom is -0.385 e. The molecule has 4 heteroatoms. The van der Waals surface area contributed by atoms with Gasteiger partial charge in [0.25, 0.3) is 0 Å². The predicted octanol–water partition coefficient (Wildman–Crippen LogP) is 6.29. The molecular weight excluding hydrogens is 406 g/mol. The third kappa shape index (κ3) is 5.68. The first kappa shape index (κ1) is 24.6. The van der Waals surface area contributed by atoms with Crippen molar-refractivity contribution < 1.29 is 4.79 Å². The van der Waals surface area contributed by atoms with E-state index in [0.717, 1.165) is 25.8 Å². The molecule has 1 aliphatic heterocycles. The SMILES string of the molecule is CN1/C(=C/C=C/CC(C)(C)c2ccccc2NCCCCC(N)=O)C(C)(C)c2ccccc21. The van der Waals surface area contributed by atoms with Crippen molar-refractivity contribution in [2.24, 2.45) is 5.73 Å². The summed E-state index contributed by atoms with van der Waals surface area (Å²) in [5.41, 5.74) is 11.7. The molecule has 0 bridgehead atoms. The smallest absolute Gasteiger partial charge is 0.217 e. The van der Waals surface area contributed by atoms with Crippen LogP contribution in [0.15, 0.2) is 72.5 Å². The van der Waals surface area contributed by atoms with E-state index in [2.05, 4.69) is 112 Å².